The van der Waals surface area contributed by atoms with Crippen molar-refractivity contribution in [2.45, 2.75) is 59.4 Å². The second kappa shape index (κ2) is 5.44. The summed E-state index contributed by atoms with van der Waals surface area (Å²) in [5, 5.41) is 13.2. The quantitative estimate of drug-likeness (QED) is 0.755. The van der Waals surface area contributed by atoms with Crippen LogP contribution >= 0.6 is 0 Å². The molecule has 1 aromatic carbocycles. The lowest BCUT2D eigenvalue weighted by atomic mass is 9.71. The molecule has 0 atom stereocenters. The van der Waals surface area contributed by atoms with Crippen LogP contribution in [0.3, 0.4) is 0 Å². The lowest BCUT2D eigenvalue weighted by Crippen LogP contribution is -2.31. The molecule has 0 bridgehead atoms. The molecule has 0 unspecified atom stereocenters. The second-order valence-corrected chi connectivity index (χ2v) is 7.06. The van der Waals surface area contributed by atoms with E-state index in [2.05, 4.69) is 26.1 Å². The minimum atomic E-state index is 0.377. The molecule has 0 saturated heterocycles. The third-order valence-electron chi connectivity index (χ3n) is 4.52. The number of rotatable bonds is 2. The van der Waals surface area contributed by atoms with Crippen molar-refractivity contribution in [3.05, 3.63) is 23.8 Å². The highest BCUT2D eigenvalue weighted by molar-refractivity contribution is 5.50. The number of aryl methyl sites for hydroxylation is 1. The number of nitrogens with one attached hydrogen (secondary N) is 1. The number of hydrogen-bond acceptors (Lipinski definition) is 2. The summed E-state index contributed by atoms with van der Waals surface area (Å²) in [6, 6.07) is 6.37. The highest BCUT2D eigenvalue weighted by Gasteiger charge is 2.29. The summed E-state index contributed by atoms with van der Waals surface area (Å²) in [6.07, 6.45) is 5.14. The van der Waals surface area contributed by atoms with Crippen LogP contribution < -0.4 is 5.32 Å². The number of phenolic OH excluding ortho intramolecular Hbond substituents is 1. The van der Waals surface area contributed by atoms with Gasteiger partial charge >= 0.3 is 0 Å². The van der Waals surface area contributed by atoms with Crippen LogP contribution in [0.15, 0.2) is 18.2 Å². The van der Waals surface area contributed by atoms with Crippen LogP contribution in [0.4, 0.5) is 5.69 Å². The molecule has 2 N–H and O–H groups in total. The fourth-order valence-corrected chi connectivity index (χ4v) is 3.08. The fourth-order valence-electron chi connectivity index (χ4n) is 3.08. The summed E-state index contributed by atoms with van der Waals surface area (Å²) < 4.78 is 0. The number of aromatic hydroxyl groups is 1. The number of benzene rings is 1. The number of phenols is 1. The monoisotopic (exact) mass is 261 g/mol. The molecule has 0 radical (unpaired) electrons. The van der Waals surface area contributed by atoms with E-state index in [9.17, 15) is 5.11 Å². The van der Waals surface area contributed by atoms with E-state index in [-0.39, 0.29) is 0 Å². The molecule has 1 aromatic rings. The number of hydrogen-bond donors (Lipinski definition) is 2. The zero-order valence-corrected chi connectivity index (χ0v) is 12.7. The first-order valence-corrected chi connectivity index (χ1v) is 7.42. The Hall–Kier alpha value is -1.18. The Balaban J connectivity index is 1.90. The molecule has 0 aliphatic heterocycles. The van der Waals surface area contributed by atoms with Gasteiger partial charge in [-0.05, 0) is 67.7 Å². The minimum absolute atomic E-state index is 0.377. The third-order valence-corrected chi connectivity index (χ3v) is 4.52. The smallest absolute Gasteiger partial charge is 0.118 e. The molecule has 0 amide bonds. The SMILES string of the molecule is Cc1cc(NC2CCC(C(C)(C)C)CC2)ccc1O. The van der Waals surface area contributed by atoms with Crippen molar-refractivity contribution in [3.63, 3.8) is 0 Å². The van der Waals surface area contributed by atoms with Crippen LogP contribution in [0.25, 0.3) is 0 Å². The fraction of sp³-hybridized carbons (Fsp3) is 0.647. The second-order valence-electron chi connectivity index (χ2n) is 7.06. The van der Waals surface area contributed by atoms with Gasteiger partial charge in [-0.3, -0.25) is 0 Å². The summed E-state index contributed by atoms with van der Waals surface area (Å²) in [7, 11) is 0. The molecule has 2 nitrogen and oxygen atoms in total. The van der Waals surface area contributed by atoms with Crippen molar-refractivity contribution in [2.75, 3.05) is 5.32 Å². The average Bonchev–Trinajstić information content (AvgIpc) is 2.33. The first-order valence-electron chi connectivity index (χ1n) is 7.42. The average molecular weight is 261 g/mol. The van der Waals surface area contributed by atoms with E-state index in [0.29, 0.717) is 17.2 Å². The van der Waals surface area contributed by atoms with Gasteiger partial charge in [-0.2, -0.15) is 0 Å². The Bertz CT molecular complexity index is 425. The van der Waals surface area contributed by atoms with E-state index >= 15 is 0 Å². The van der Waals surface area contributed by atoms with E-state index in [0.717, 1.165) is 17.2 Å². The summed E-state index contributed by atoms with van der Waals surface area (Å²) >= 11 is 0. The maximum Gasteiger partial charge on any atom is 0.118 e. The number of anilines is 1. The van der Waals surface area contributed by atoms with Gasteiger partial charge in [0.05, 0.1) is 0 Å². The first-order chi connectivity index (χ1) is 8.86. The molecule has 2 rings (SSSR count). The standard InChI is InChI=1S/C17H27NO/c1-12-11-15(9-10-16(12)19)18-14-7-5-13(6-8-14)17(2,3)4/h9-11,13-14,18-19H,5-8H2,1-4H3. The molecule has 1 aliphatic carbocycles. The molecular weight excluding hydrogens is 234 g/mol. The van der Waals surface area contributed by atoms with Gasteiger partial charge < -0.3 is 10.4 Å². The third kappa shape index (κ3) is 3.65. The highest BCUT2D eigenvalue weighted by atomic mass is 16.3. The van der Waals surface area contributed by atoms with E-state index in [1.807, 2.05) is 19.1 Å². The molecule has 19 heavy (non-hydrogen) atoms. The Morgan fingerprint density at radius 1 is 1.11 bits per heavy atom. The summed E-state index contributed by atoms with van der Waals surface area (Å²) in [5.74, 6) is 1.23. The molecule has 0 aromatic heterocycles. The van der Waals surface area contributed by atoms with Crippen molar-refractivity contribution in [1.29, 1.82) is 0 Å². The van der Waals surface area contributed by atoms with Crippen molar-refractivity contribution < 1.29 is 5.11 Å². The van der Waals surface area contributed by atoms with Crippen LogP contribution in [0.5, 0.6) is 5.75 Å². The first kappa shape index (κ1) is 14.2. The Kier molecular flexibility index (Phi) is 4.07. The van der Waals surface area contributed by atoms with Gasteiger partial charge in [0.25, 0.3) is 0 Å². The summed E-state index contributed by atoms with van der Waals surface area (Å²) in [4.78, 5) is 0. The van der Waals surface area contributed by atoms with Gasteiger partial charge in [0.15, 0.2) is 0 Å². The van der Waals surface area contributed by atoms with Crippen LogP contribution in [0, 0.1) is 18.3 Å². The minimum Gasteiger partial charge on any atom is -0.508 e. The molecule has 2 heteroatoms. The van der Waals surface area contributed by atoms with E-state index in [4.69, 9.17) is 0 Å². The van der Waals surface area contributed by atoms with Crippen molar-refractivity contribution in [1.82, 2.24) is 0 Å². The maximum atomic E-state index is 9.55. The predicted molar refractivity (Wildman–Crippen MR) is 81.7 cm³/mol. The maximum absolute atomic E-state index is 9.55. The Morgan fingerprint density at radius 2 is 1.74 bits per heavy atom. The van der Waals surface area contributed by atoms with Gasteiger partial charge in [-0.15, -0.1) is 0 Å². The lowest BCUT2D eigenvalue weighted by molar-refractivity contribution is 0.173. The van der Waals surface area contributed by atoms with Crippen LogP contribution in [0.1, 0.15) is 52.0 Å². The van der Waals surface area contributed by atoms with Gasteiger partial charge in [0.2, 0.25) is 0 Å². The highest BCUT2D eigenvalue weighted by Crippen LogP contribution is 2.38. The molecule has 1 saturated carbocycles. The topological polar surface area (TPSA) is 32.3 Å². The summed E-state index contributed by atoms with van der Waals surface area (Å²) in [6.45, 7) is 9.01. The van der Waals surface area contributed by atoms with E-state index < -0.39 is 0 Å². The zero-order valence-electron chi connectivity index (χ0n) is 12.7. The van der Waals surface area contributed by atoms with Gasteiger partial charge in [0.1, 0.15) is 5.75 Å². The van der Waals surface area contributed by atoms with Crippen LogP contribution in [0.2, 0.25) is 0 Å². The zero-order chi connectivity index (χ0) is 14.0. The summed E-state index contributed by atoms with van der Waals surface area (Å²) in [5.41, 5.74) is 2.52. The molecular formula is C17H27NO. The molecule has 0 spiro atoms. The predicted octanol–water partition coefficient (Wildman–Crippen LogP) is 4.72. The van der Waals surface area contributed by atoms with Crippen molar-refractivity contribution in [2.24, 2.45) is 11.3 Å². The molecule has 1 aliphatic rings. The van der Waals surface area contributed by atoms with Crippen molar-refractivity contribution in [3.8, 4) is 5.75 Å². The van der Waals surface area contributed by atoms with Crippen molar-refractivity contribution >= 4 is 5.69 Å². The van der Waals surface area contributed by atoms with Crippen LogP contribution in [-0.4, -0.2) is 11.1 Å². The Morgan fingerprint density at radius 3 is 2.26 bits per heavy atom. The van der Waals surface area contributed by atoms with Gasteiger partial charge in [-0.1, -0.05) is 20.8 Å². The molecule has 1 fully saturated rings. The normalized spacial score (nSPS) is 24.2. The lowest BCUT2D eigenvalue weighted by Gasteiger charge is -2.37. The molecule has 106 valence electrons. The molecule has 0 heterocycles. The largest absolute Gasteiger partial charge is 0.508 e. The Labute approximate surface area is 117 Å². The van der Waals surface area contributed by atoms with Gasteiger partial charge in [0, 0.05) is 11.7 Å². The van der Waals surface area contributed by atoms with Crippen LogP contribution in [-0.2, 0) is 0 Å². The van der Waals surface area contributed by atoms with Gasteiger partial charge in [-0.25, -0.2) is 0 Å². The van der Waals surface area contributed by atoms with E-state index in [1.165, 1.54) is 25.7 Å². The van der Waals surface area contributed by atoms with E-state index in [1.54, 1.807) is 6.07 Å².